The maximum absolute atomic E-state index is 13.2. The quantitative estimate of drug-likeness (QED) is 0.689. The molecule has 0 saturated heterocycles. The van der Waals surface area contributed by atoms with Crippen LogP contribution >= 0.6 is 0 Å². The molecule has 0 saturated carbocycles. The molecule has 0 radical (unpaired) electrons. The first-order chi connectivity index (χ1) is 8.99. The molecule has 0 aromatic heterocycles. The van der Waals surface area contributed by atoms with Crippen molar-refractivity contribution in [2.45, 2.75) is 47.0 Å². The molecular formula is C17H28FN. The van der Waals surface area contributed by atoms with Crippen LogP contribution in [-0.4, -0.2) is 13.1 Å². The average Bonchev–Trinajstić information content (AvgIpc) is 2.36. The van der Waals surface area contributed by atoms with E-state index >= 15 is 0 Å². The minimum absolute atomic E-state index is 0.102. The molecule has 1 atom stereocenters. The van der Waals surface area contributed by atoms with E-state index < -0.39 is 0 Å². The second-order valence-corrected chi connectivity index (χ2v) is 6.11. The summed E-state index contributed by atoms with van der Waals surface area (Å²) in [4.78, 5) is 0. The van der Waals surface area contributed by atoms with E-state index in [2.05, 4.69) is 26.1 Å². The number of benzene rings is 1. The number of nitrogens with one attached hydrogen (secondary N) is 1. The Kier molecular flexibility index (Phi) is 7.07. The Morgan fingerprint density at radius 1 is 1.16 bits per heavy atom. The highest BCUT2D eigenvalue weighted by Gasteiger charge is 2.04. The summed E-state index contributed by atoms with van der Waals surface area (Å²) in [5, 5.41) is 3.48. The zero-order valence-corrected chi connectivity index (χ0v) is 12.8. The van der Waals surface area contributed by atoms with Gasteiger partial charge in [-0.25, -0.2) is 4.39 Å². The lowest BCUT2D eigenvalue weighted by atomic mass is 9.97. The molecule has 1 nitrogen and oxygen atoms in total. The predicted octanol–water partition coefficient (Wildman–Crippen LogP) is 4.34. The topological polar surface area (TPSA) is 12.0 Å². The van der Waals surface area contributed by atoms with Crippen LogP contribution in [0, 0.1) is 24.6 Å². The lowest BCUT2D eigenvalue weighted by Gasteiger charge is -2.13. The molecule has 1 N–H and O–H groups in total. The van der Waals surface area contributed by atoms with Crippen LogP contribution in [0.15, 0.2) is 18.2 Å². The molecule has 0 aliphatic heterocycles. The van der Waals surface area contributed by atoms with Gasteiger partial charge in [0.2, 0.25) is 0 Å². The van der Waals surface area contributed by atoms with Crippen molar-refractivity contribution in [1.82, 2.24) is 5.32 Å². The van der Waals surface area contributed by atoms with Gasteiger partial charge >= 0.3 is 0 Å². The standard InChI is InChI=1S/C17H28FN/c1-13(2)12-19-10-9-14(3)5-6-16-7-8-17(18)15(4)11-16/h7-8,11,13-14,19H,5-6,9-10,12H2,1-4H3. The number of rotatable bonds is 8. The normalized spacial score (nSPS) is 12.9. The lowest BCUT2D eigenvalue weighted by Crippen LogP contribution is -2.22. The maximum atomic E-state index is 13.2. The van der Waals surface area contributed by atoms with Crippen LogP contribution in [0.1, 0.15) is 44.7 Å². The van der Waals surface area contributed by atoms with Crippen molar-refractivity contribution in [2.75, 3.05) is 13.1 Å². The second-order valence-electron chi connectivity index (χ2n) is 6.11. The molecule has 0 aliphatic rings. The van der Waals surface area contributed by atoms with Gasteiger partial charge in [-0.2, -0.15) is 0 Å². The molecule has 0 bridgehead atoms. The summed E-state index contributed by atoms with van der Waals surface area (Å²) >= 11 is 0. The van der Waals surface area contributed by atoms with Gasteiger partial charge in [-0.3, -0.25) is 0 Å². The van der Waals surface area contributed by atoms with Crippen molar-refractivity contribution in [2.24, 2.45) is 11.8 Å². The monoisotopic (exact) mass is 265 g/mol. The van der Waals surface area contributed by atoms with Crippen molar-refractivity contribution < 1.29 is 4.39 Å². The minimum Gasteiger partial charge on any atom is -0.316 e. The van der Waals surface area contributed by atoms with Gasteiger partial charge in [-0.05, 0) is 68.3 Å². The third kappa shape index (κ3) is 6.72. The van der Waals surface area contributed by atoms with Crippen LogP contribution in [0.5, 0.6) is 0 Å². The van der Waals surface area contributed by atoms with Crippen LogP contribution in [0.4, 0.5) is 4.39 Å². The molecule has 1 rings (SSSR count). The van der Waals surface area contributed by atoms with Gasteiger partial charge in [-0.1, -0.05) is 32.9 Å². The Morgan fingerprint density at radius 2 is 1.89 bits per heavy atom. The molecule has 0 heterocycles. The van der Waals surface area contributed by atoms with Crippen LogP contribution < -0.4 is 5.32 Å². The number of aryl methyl sites for hydroxylation is 2. The minimum atomic E-state index is -0.102. The van der Waals surface area contributed by atoms with Gasteiger partial charge in [0.25, 0.3) is 0 Å². The fourth-order valence-electron chi connectivity index (χ4n) is 2.16. The highest BCUT2D eigenvalue weighted by Crippen LogP contribution is 2.15. The summed E-state index contributed by atoms with van der Waals surface area (Å²) in [7, 11) is 0. The summed E-state index contributed by atoms with van der Waals surface area (Å²) < 4.78 is 13.2. The third-order valence-corrected chi connectivity index (χ3v) is 3.51. The third-order valence-electron chi connectivity index (χ3n) is 3.51. The van der Waals surface area contributed by atoms with Crippen LogP contribution in [0.2, 0.25) is 0 Å². The molecule has 108 valence electrons. The SMILES string of the molecule is Cc1cc(CCC(C)CCNCC(C)C)ccc1F. The fraction of sp³-hybridized carbons (Fsp3) is 0.647. The summed E-state index contributed by atoms with van der Waals surface area (Å²) in [5.74, 6) is 1.33. The lowest BCUT2D eigenvalue weighted by molar-refractivity contribution is 0.454. The zero-order valence-electron chi connectivity index (χ0n) is 12.8. The van der Waals surface area contributed by atoms with E-state index in [1.165, 1.54) is 18.4 Å². The second kappa shape index (κ2) is 8.31. The molecular weight excluding hydrogens is 237 g/mol. The summed E-state index contributed by atoms with van der Waals surface area (Å²) in [6.45, 7) is 10.8. The van der Waals surface area contributed by atoms with Crippen LogP contribution in [0.3, 0.4) is 0 Å². The van der Waals surface area contributed by atoms with E-state index in [9.17, 15) is 4.39 Å². The van der Waals surface area contributed by atoms with E-state index in [-0.39, 0.29) is 5.82 Å². The Morgan fingerprint density at radius 3 is 2.53 bits per heavy atom. The van der Waals surface area contributed by atoms with Crippen molar-refractivity contribution in [3.05, 3.63) is 35.1 Å². The highest BCUT2D eigenvalue weighted by atomic mass is 19.1. The molecule has 2 heteroatoms. The van der Waals surface area contributed by atoms with Gasteiger partial charge < -0.3 is 5.32 Å². The maximum Gasteiger partial charge on any atom is 0.126 e. The van der Waals surface area contributed by atoms with Crippen molar-refractivity contribution in [1.29, 1.82) is 0 Å². The first-order valence-corrected chi connectivity index (χ1v) is 7.44. The molecule has 0 aliphatic carbocycles. The molecule has 1 aromatic rings. The summed E-state index contributed by atoms with van der Waals surface area (Å²) in [5.41, 5.74) is 2.00. The van der Waals surface area contributed by atoms with Gasteiger partial charge in [0.1, 0.15) is 5.82 Å². The van der Waals surface area contributed by atoms with Gasteiger partial charge in [-0.15, -0.1) is 0 Å². The molecule has 19 heavy (non-hydrogen) atoms. The molecule has 1 aromatic carbocycles. The fourth-order valence-corrected chi connectivity index (χ4v) is 2.16. The average molecular weight is 265 g/mol. The van der Waals surface area contributed by atoms with E-state index in [1.54, 1.807) is 6.07 Å². The smallest absolute Gasteiger partial charge is 0.126 e. The Hall–Kier alpha value is -0.890. The molecule has 0 spiro atoms. The van der Waals surface area contributed by atoms with Crippen LogP contribution in [-0.2, 0) is 6.42 Å². The number of halogens is 1. The molecule has 0 amide bonds. The summed E-state index contributed by atoms with van der Waals surface area (Å²) in [6.07, 6.45) is 3.44. The number of hydrogen-bond donors (Lipinski definition) is 1. The highest BCUT2D eigenvalue weighted by molar-refractivity contribution is 5.23. The van der Waals surface area contributed by atoms with Crippen molar-refractivity contribution in [3.63, 3.8) is 0 Å². The predicted molar refractivity (Wildman–Crippen MR) is 80.9 cm³/mol. The molecule has 1 unspecified atom stereocenters. The Balaban J connectivity index is 2.22. The van der Waals surface area contributed by atoms with E-state index in [0.29, 0.717) is 5.92 Å². The number of hydrogen-bond acceptors (Lipinski definition) is 1. The molecule has 0 fully saturated rings. The first kappa shape index (κ1) is 16.2. The Bertz CT molecular complexity index is 374. The van der Waals surface area contributed by atoms with E-state index in [4.69, 9.17) is 0 Å². The largest absolute Gasteiger partial charge is 0.316 e. The van der Waals surface area contributed by atoms with Crippen molar-refractivity contribution in [3.8, 4) is 0 Å². The first-order valence-electron chi connectivity index (χ1n) is 7.44. The zero-order chi connectivity index (χ0) is 14.3. The van der Waals surface area contributed by atoms with Gasteiger partial charge in [0, 0.05) is 0 Å². The summed E-state index contributed by atoms with van der Waals surface area (Å²) in [6, 6.07) is 5.46. The van der Waals surface area contributed by atoms with Gasteiger partial charge in [0.15, 0.2) is 0 Å². The van der Waals surface area contributed by atoms with E-state index in [0.717, 1.165) is 31.0 Å². The van der Waals surface area contributed by atoms with E-state index in [1.807, 2.05) is 19.1 Å². The van der Waals surface area contributed by atoms with Gasteiger partial charge in [0.05, 0.1) is 0 Å². The Labute approximate surface area is 117 Å². The van der Waals surface area contributed by atoms with Crippen LogP contribution in [0.25, 0.3) is 0 Å². The van der Waals surface area contributed by atoms with Crippen molar-refractivity contribution >= 4 is 0 Å².